The zero-order valence-corrected chi connectivity index (χ0v) is 21.1. The summed E-state index contributed by atoms with van der Waals surface area (Å²) >= 11 is 0. The molecule has 2 aliphatic rings. The first kappa shape index (κ1) is 25.4. The number of methoxy groups -OCH3 is 1. The third-order valence-electron chi connectivity index (χ3n) is 6.16. The Morgan fingerprint density at radius 2 is 1.83 bits per heavy atom. The number of carbonyl (C=O) groups excluding carboxylic acids is 2. The largest absolute Gasteiger partial charge is 0.507 e. The third kappa shape index (κ3) is 4.97. The van der Waals surface area contributed by atoms with Crippen molar-refractivity contribution in [1.82, 2.24) is 9.80 Å². The van der Waals surface area contributed by atoms with Gasteiger partial charge in [-0.2, -0.15) is 0 Å². The number of benzene rings is 2. The fourth-order valence-electron chi connectivity index (χ4n) is 4.49. The lowest BCUT2D eigenvalue weighted by atomic mass is 9.94. The number of carbonyl (C=O) groups is 2. The highest BCUT2D eigenvalue weighted by Crippen LogP contribution is 2.43. The van der Waals surface area contributed by atoms with Gasteiger partial charge in [0.2, 0.25) is 0 Å². The second-order valence-electron chi connectivity index (χ2n) is 8.85. The molecule has 0 bridgehead atoms. The average molecular weight is 497 g/mol. The molecule has 9 nitrogen and oxygen atoms in total. The van der Waals surface area contributed by atoms with Gasteiger partial charge >= 0.3 is 0 Å². The summed E-state index contributed by atoms with van der Waals surface area (Å²) in [4.78, 5) is 30.0. The SMILES string of the molecule is CCOc1ccc([C@@H]2/C(=C(\O)c3ccc4c(c3)OCCO4)C(=O)C(=O)N2CCCN(C)C)cc1OC. The molecule has 0 spiro atoms. The van der Waals surface area contributed by atoms with Gasteiger partial charge in [-0.25, -0.2) is 0 Å². The predicted octanol–water partition coefficient (Wildman–Crippen LogP) is 3.24. The van der Waals surface area contributed by atoms with Crippen molar-refractivity contribution in [2.24, 2.45) is 0 Å². The fourth-order valence-corrected chi connectivity index (χ4v) is 4.49. The van der Waals surface area contributed by atoms with Crippen molar-refractivity contribution in [2.45, 2.75) is 19.4 Å². The molecular formula is C27H32N2O7. The van der Waals surface area contributed by atoms with Crippen LogP contribution in [0.4, 0.5) is 0 Å². The van der Waals surface area contributed by atoms with Crippen LogP contribution in [0.3, 0.4) is 0 Å². The Morgan fingerprint density at radius 1 is 1.08 bits per heavy atom. The van der Waals surface area contributed by atoms with Gasteiger partial charge in [0.05, 0.1) is 25.3 Å². The van der Waals surface area contributed by atoms with E-state index in [0.717, 1.165) is 6.54 Å². The molecule has 192 valence electrons. The summed E-state index contributed by atoms with van der Waals surface area (Å²) in [5.41, 5.74) is 1.03. The van der Waals surface area contributed by atoms with Gasteiger partial charge in [-0.3, -0.25) is 9.59 Å². The van der Waals surface area contributed by atoms with E-state index < -0.39 is 17.7 Å². The van der Waals surface area contributed by atoms with Crippen molar-refractivity contribution in [2.75, 3.05) is 54.1 Å². The highest BCUT2D eigenvalue weighted by molar-refractivity contribution is 6.46. The number of nitrogens with zero attached hydrogens (tertiary/aromatic N) is 2. The quantitative estimate of drug-likeness (QED) is 0.321. The van der Waals surface area contributed by atoms with E-state index in [1.54, 1.807) is 36.4 Å². The zero-order valence-electron chi connectivity index (χ0n) is 21.1. The Kier molecular flexibility index (Phi) is 7.69. The molecule has 2 aromatic carbocycles. The van der Waals surface area contributed by atoms with Crippen LogP contribution in [0.5, 0.6) is 23.0 Å². The summed E-state index contributed by atoms with van der Waals surface area (Å²) in [6, 6.07) is 9.47. The Bertz CT molecular complexity index is 1170. The number of fused-ring (bicyclic) bond motifs is 1. The summed E-state index contributed by atoms with van der Waals surface area (Å²) in [6.07, 6.45) is 0.661. The molecule has 0 unspecified atom stereocenters. The zero-order chi connectivity index (χ0) is 25.8. The lowest BCUT2D eigenvalue weighted by Gasteiger charge is -2.26. The number of likely N-dealkylation sites (tertiary alicyclic amines) is 1. The van der Waals surface area contributed by atoms with Crippen LogP contribution in [0.1, 0.15) is 30.5 Å². The van der Waals surface area contributed by atoms with E-state index in [2.05, 4.69) is 0 Å². The smallest absolute Gasteiger partial charge is 0.295 e. The monoisotopic (exact) mass is 496 g/mol. The average Bonchev–Trinajstić information content (AvgIpc) is 3.13. The Labute approximate surface area is 210 Å². The van der Waals surface area contributed by atoms with Crippen molar-refractivity contribution in [3.8, 4) is 23.0 Å². The maximum absolute atomic E-state index is 13.3. The van der Waals surface area contributed by atoms with Gasteiger partial charge in [0, 0.05) is 12.1 Å². The van der Waals surface area contributed by atoms with Gasteiger partial charge in [0.1, 0.15) is 19.0 Å². The van der Waals surface area contributed by atoms with Crippen LogP contribution in [-0.2, 0) is 9.59 Å². The molecule has 1 N–H and O–H groups in total. The summed E-state index contributed by atoms with van der Waals surface area (Å²) in [7, 11) is 5.43. The van der Waals surface area contributed by atoms with E-state index in [1.807, 2.05) is 25.9 Å². The molecule has 2 heterocycles. The van der Waals surface area contributed by atoms with Gasteiger partial charge in [-0.1, -0.05) is 6.07 Å². The Morgan fingerprint density at radius 3 is 2.53 bits per heavy atom. The van der Waals surface area contributed by atoms with E-state index in [0.29, 0.717) is 66.9 Å². The molecule has 2 aliphatic heterocycles. The van der Waals surface area contributed by atoms with Gasteiger partial charge in [-0.15, -0.1) is 0 Å². The third-order valence-corrected chi connectivity index (χ3v) is 6.16. The second-order valence-corrected chi connectivity index (χ2v) is 8.85. The highest BCUT2D eigenvalue weighted by atomic mass is 16.6. The maximum Gasteiger partial charge on any atom is 0.295 e. The molecule has 0 radical (unpaired) electrons. The minimum Gasteiger partial charge on any atom is -0.507 e. The molecule has 9 heteroatoms. The molecular weight excluding hydrogens is 464 g/mol. The number of rotatable bonds is 9. The van der Waals surface area contributed by atoms with Crippen LogP contribution in [0.15, 0.2) is 42.0 Å². The minimum absolute atomic E-state index is 0.0211. The lowest BCUT2D eigenvalue weighted by Crippen LogP contribution is -2.32. The van der Waals surface area contributed by atoms with Gasteiger partial charge in [0.25, 0.3) is 11.7 Å². The van der Waals surface area contributed by atoms with Crippen LogP contribution in [0.25, 0.3) is 5.76 Å². The second kappa shape index (κ2) is 10.9. The van der Waals surface area contributed by atoms with Gasteiger partial charge in [0.15, 0.2) is 23.0 Å². The van der Waals surface area contributed by atoms with E-state index in [-0.39, 0.29) is 11.3 Å². The number of ether oxygens (including phenoxy) is 4. The first-order valence-corrected chi connectivity index (χ1v) is 12.0. The molecule has 1 fully saturated rings. The normalized spacial score (nSPS) is 18.6. The van der Waals surface area contributed by atoms with Gasteiger partial charge < -0.3 is 33.9 Å². The molecule has 36 heavy (non-hydrogen) atoms. The van der Waals surface area contributed by atoms with Crippen molar-refractivity contribution in [3.63, 3.8) is 0 Å². The summed E-state index contributed by atoms with van der Waals surface area (Å²) in [5, 5.41) is 11.4. The number of hydrogen-bond donors (Lipinski definition) is 1. The van der Waals surface area contributed by atoms with Crippen LogP contribution >= 0.6 is 0 Å². The number of amides is 1. The minimum atomic E-state index is -0.787. The van der Waals surface area contributed by atoms with E-state index >= 15 is 0 Å². The topological polar surface area (TPSA) is 97.8 Å². The molecule has 1 saturated heterocycles. The standard InChI is InChI=1S/C27H32N2O7/c1-5-34-19-9-7-17(15-21(19)33-4)24-23(26(31)27(32)29(24)12-6-11-28(2)3)25(30)18-8-10-20-22(16-18)36-14-13-35-20/h7-10,15-16,24,30H,5-6,11-14H2,1-4H3/b25-23+/t24-/m1/s1. The Balaban J connectivity index is 1.81. The number of ketones is 1. The van der Waals surface area contributed by atoms with Crippen molar-refractivity contribution in [1.29, 1.82) is 0 Å². The lowest BCUT2D eigenvalue weighted by molar-refractivity contribution is -0.139. The number of hydrogen-bond acceptors (Lipinski definition) is 8. The van der Waals surface area contributed by atoms with Crippen LogP contribution in [0, 0.1) is 0 Å². The maximum atomic E-state index is 13.3. The first-order chi connectivity index (χ1) is 17.3. The molecule has 0 saturated carbocycles. The molecule has 1 atom stereocenters. The highest BCUT2D eigenvalue weighted by Gasteiger charge is 2.46. The van der Waals surface area contributed by atoms with Crippen LogP contribution in [0.2, 0.25) is 0 Å². The van der Waals surface area contributed by atoms with Gasteiger partial charge in [-0.05, 0) is 69.9 Å². The van der Waals surface area contributed by atoms with Crippen LogP contribution in [-0.4, -0.2) is 80.7 Å². The van der Waals surface area contributed by atoms with E-state index in [1.165, 1.54) is 12.0 Å². The van der Waals surface area contributed by atoms with E-state index in [4.69, 9.17) is 18.9 Å². The summed E-state index contributed by atoms with van der Waals surface area (Å²) in [5.74, 6) is 0.432. The number of Topliss-reactive ketones (excluding diaryl/α,β-unsaturated/α-hetero) is 1. The van der Waals surface area contributed by atoms with Crippen molar-refractivity contribution >= 4 is 17.4 Å². The molecule has 0 aliphatic carbocycles. The molecule has 0 aromatic heterocycles. The Hall–Kier alpha value is -3.72. The number of aliphatic hydroxyl groups is 1. The van der Waals surface area contributed by atoms with Crippen LogP contribution < -0.4 is 18.9 Å². The first-order valence-electron chi connectivity index (χ1n) is 12.0. The molecule has 1 amide bonds. The fraction of sp³-hybridized carbons (Fsp3) is 0.407. The summed E-state index contributed by atoms with van der Waals surface area (Å²) < 4.78 is 22.4. The predicted molar refractivity (Wildman–Crippen MR) is 134 cm³/mol. The molecule has 4 rings (SSSR count). The molecule has 2 aromatic rings. The van der Waals surface area contributed by atoms with E-state index in [9.17, 15) is 14.7 Å². The number of aliphatic hydroxyl groups excluding tert-OH is 1. The summed E-state index contributed by atoms with van der Waals surface area (Å²) in [6.45, 7) is 4.25. The van der Waals surface area contributed by atoms with Crippen molar-refractivity contribution in [3.05, 3.63) is 53.1 Å². The van der Waals surface area contributed by atoms with Crippen molar-refractivity contribution < 1.29 is 33.6 Å².